The van der Waals surface area contributed by atoms with E-state index in [1.165, 1.54) is 4.90 Å². The first-order valence-corrected chi connectivity index (χ1v) is 15.3. The smallest absolute Gasteiger partial charge is 0.253 e. The molecule has 6 atom stereocenters. The Balaban J connectivity index is 1.66. The Hall–Kier alpha value is -3.46. The molecule has 1 spiro atoms. The number of halogens is 1. The molecule has 3 heterocycles. The second kappa shape index (κ2) is 12.3. The molecule has 0 aromatic heterocycles. The van der Waals surface area contributed by atoms with Crippen LogP contribution in [-0.2, 0) is 19.1 Å². The second-order valence-electron chi connectivity index (χ2n) is 11.9. The van der Waals surface area contributed by atoms with Crippen molar-refractivity contribution in [3.63, 3.8) is 0 Å². The van der Waals surface area contributed by atoms with Crippen molar-refractivity contribution >= 4 is 35.0 Å². The third-order valence-corrected chi connectivity index (χ3v) is 9.53. The van der Waals surface area contributed by atoms with Crippen LogP contribution in [0.15, 0.2) is 79.9 Å². The van der Waals surface area contributed by atoms with Gasteiger partial charge in [0.15, 0.2) is 0 Å². The van der Waals surface area contributed by atoms with Gasteiger partial charge < -0.3 is 24.5 Å². The molecule has 228 valence electrons. The number of rotatable bonds is 12. The number of aliphatic hydroxyl groups excluding tert-OH is 1. The van der Waals surface area contributed by atoms with E-state index >= 15 is 0 Å². The lowest BCUT2D eigenvalue weighted by atomic mass is 9.66. The van der Waals surface area contributed by atoms with E-state index in [0.717, 1.165) is 6.42 Å². The Kier molecular flexibility index (Phi) is 8.84. The zero-order valence-corrected chi connectivity index (χ0v) is 25.6. The minimum atomic E-state index is -1.25. The standard InChI is InChI=1S/C34H40ClN3O5/c1-5-19-36(20-6-2)30(40)27-28-31(41)38(26(22-39)23-11-9-8-10-12-23)29(34(28)18-17-33(27,4)43-34)32(42)37(21-7-3)25-15-13-24(35)14-16-25/h5,7-16,26-29,39H,1,3,6,17-22H2,2,4H3/t26-,27-,28+,29?,33+,34?/m1/s1. The summed E-state index contributed by atoms with van der Waals surface area (Å²) in [5.41, 5.74) is -0.880. The van der Waals surface area contributed by atoms with Crippen LogP contribution >= 0.6 is 11.6 Å². The molecule has 0 saturated carbocycles. The predicted molar refractivity (Wildman–Crippen MR) is 166 cm³/mol. The van der Waals surface area contributed by atoms with Crippen molar-refractivity contribution in [2.45, 2.75) is 56.4 Å². The van der Waals surface area contributed by atoms with Crippen LogP contribution in [0.5, 0.6) is 0 Å². The lowest BCUT2D eigenvalue weighted by Crippen LogP contribution is -2.57. The van der Waals surface area contributed by atoms with Crippen LogP contribution in [0, 0.1) is 11.8 Å². The first kappa shape index (κ1) is 31.0. The number of fused-ring (bicyclic) bond motifs is 1. The van der Waals surface area contributed by atoms with Crippen LogP contribution in [0.2, 0.25) is 5.02 Å². The highest BCUT2D eigenvalue weighted by atomic mass is 35.5. The van der Waals surface area contributed by atoms with Crippen LogP contribution in [-0.4, -0.2) is 76.1 Å². The molecule has 3 saturated heterocycles. The molecule has 43 heavy (non-hydrogen) atoms. The fraction of sp³-hybridized carbons (Fsp3) is 0.441. The van der Waals surface area contributed by atoms with Crippen molar-refractivity contribution in [3.8, 4) is 0 Å². The number of aliphatic hydroxyl groups is 1. The van der Waals surface area contributed by atoms with E-state index < -0.39 is 41.7 Å². The molecule has 3 amide bonds. The first-order valence-electron chi connectivity index (χ1n) is 14.9. The van der Waals surface area contributed by atoms with Gasteiger partial charge in [-0.05, 0) is 56.0 Å². The molecule has 2 bridgehead atoms. The highest BCUT2D eigenvalue weighted by molar-refractivity contribution is 6.30. The fourth-order valence-corrected chi connectivity index (χ4v) is 7.64. The van der Waals surface area contributed by atoms with Gasteiger partial charge in [0.25, 0.3) is 5.91 Å². The topological polar surface area (TPSA) is 90.4 Å². The molecule has 2 aromatic rings. The molecule has 8 nitrogen and oxygen atoms in total. The Morgan fingerprint density at radius 2 is 1.77 bits per heavy atom. The minimum Gasteiger partial charge on any atom is -0.394 e. The van der Waals surface area contributed by atoms with Gasteiger partial charge in [-0.15, -0.1) is 13.2 Å². The quantitative estimate of drug-likeness (QED) is 0.352. The number of hydrogen-bond acceptors (Lipinski definition) is 5. The number of hydrogen-bond donors (Lipinski definition) is 1. The third kappa shape index (κ3) is 5.09. The summed E-state index contributed by atoms with van der Waals surface area (Å²) in [5, 5.41) is 11.3. The van der Waals surface area contributed by atoms with E-state index in [4.69, 9.17) is 16.3 Å². The van der Waals surface area contributed by atoms with E-state index in [1.54, 1.807) is 46.2 Å². The van der Waals surface area contributed by atoms with Gasteiger partial charge in [-0.3, -0.25) is 14.4 Å². The number of anilines is 1. The number of benzene rings is 2. The number of carbonyl (C=O) groups is 3. The second-order valence-corrected chi connectivity index (χ2v) is 12.3. The van der Waals surface area contributed by atoms with Crippen molar-refractivity contribution in [2.75, 3.05) is 31.1 Å². The van der Waals surface area contributed by atoms with Crippen LogP contribution in [0.4, 0.5) is 5.69 Å². The van der Waals surface area contributed by atoms with Crippen molar-refractivity contribution in [1.29, 1.82) is 0 Å². The van der Waals surface area contributed by atoms with Gasteiger partial charge in [0.05, 0.1) is 30.1 Å². The summed E-state index contributed by atoms with van der Waals surface area (Å²) in [6, 6.07) is 14.2. The van der Waals surface area contributed by atoms with Crippen LogP contribution in [0.25, 0.3) is 0 Å². The lowest BCUT2D eigenvalue weighted by Gasteiger charge is -2.39. The number of carbonyl (C=O) groups excluding carboxylic acids is 3. The fourth-order valence-electron chi connectivity index (χ4n) is 7.52. The van der Waals surface area contributed by atoms with Gasteiger partial charge in [-0.2, -0.15) is 0 Å². The van der Waals surface area contributed by atoms with E-state index in [-0.39, 0.29) is 24.3 Å². The van der Waals surface area contributed by atoms with E-state index in [0.29, 0.717) is 42.2 Å². The van der Waals surface area contributed by atoms with Gasteiger partial charge in [0.2, 0.25) is 11.8 Å². The molecule has 1 N–H and O–H groups in total. The molecular weight excluding hydrogens is 566 g/mol. The summed E-state index contributed by atoms with van der Waals surface area (Å²) in [7, 11) is 0. The van der Waals surface area contributed by atoms with E-state index in [2.05, 4.69) is 13.2 Å². The van der Waals surface area contributed by atoms with Crippen LogP contribution in [0.3, 0.4) is 0 Å². The largest absolute Gasteiger partial charge is 0.394 e. The average molecular weight is 606 g/mol. The van der Waals surface area contributed by atoms with Gasteiger partial charge in [0, 0.05) is 30.3 Å². The molecule has 5 rings (SSSR count). The molecule has 0 aliphatic carbocycles. The molecular formula is C34H40ClN3O5. The Labute approximate surface area is 258 Å². The number of ether oxygens (including phenoxy) is 1. The zero-order chi connectivity index (χ0) is 30.9. The summed E-state index contributed by atoms with van der Waals surface area (Å²) < 4.78 is 6.85. The normalized spacial score (nSPS) is 28.0. The molecule has 3 aliphatic heterocycles. The zero-order valence-electron chi connectivity index (χ0n) is 24.8. The minimum absolute atomic E-state index is 0.168. The summed E-state index contributed by atoms with van der Waals surface area (Å²) in [6.45, 7) is 12.2. The number of nitrogens with zero attached hydrogens (tertiary/aromatic N) is 3. The van der Waals surface area contributed by atoms with Gasteiger partial charge in [-0.1, -0.05) is 61.0 Å². The predicted octanol–water partition coefficient (Wildman–Crippen LogP) is 4.78. The summed E-state index contributed by atoms with van der Waals surface area (Å²) in [6.07, 6.45) is 5.02. The molecule has 3 fully saturated rings. The number of likely N-dealkylation sites (tertiary alicyclic amines) is 1. The maximum atomic E-state index is 14.9. The van der Waals surface area contributed by atoms with Crippen molar-refractivity contribution < 1.29 is 24.2 Å². The first-order chi connectivity index (χ1) is 20.7. The van der Waals surface area contributed by atoms with E-state index in [9.17, 15) is 19.5 Å². The summed E-state index contributed by atoms with van der Waals surface area (Å²) in [5.74, 6) is -2.54. The summed E-state index contributed by atoms with van der Waals surface area (Å²) in [4.78, 5) is 48.6. The van der Waals surface area contributed by atoms with Crippen molar-refractivity contribution in [1.82, 2.24) is 9.80 Å². The maximum Gasteiger partial charge on any atom is 0.253 e. The van der Waals surface area contributed by atoms with E-state index in [1.807, 2.05) is 44.2 Å². The van der Waals surface area contributed by atoms with Gasteiger partial charge in [0.1, 0.15) is 11.6 Å². The number of amides is 3. The third-order valence-electron chi connectivity index (χ3n) is 9.28. The highest BCUT2D eigenvalue weighted by Crippen LogP contribution is 2.64. The van der Waals surface area contributed by atoms with Crippen LogP contribution < -0.4 is 4.90 Å². The SMILES string of the molecule is C=CCN(CCC)C(=O)[C@H]1[C@H]2C(=O)N([C@H](CO)c3ccccc3)C(C(=O)N(CC=C)c3ccc(Cl)cc3)C23CC[C@]1(C)O3. The van der Waals surface area contributed by atoms with Gasteiger partial charge >= 0.3 is 0 Å². The molecule has 3 aliphatic rings. The summed E-state index contributed by atoms with van der Waals surface area (Å²) >= 11 is 6.16. The monoisotopic (exact) mass is 605 g/mol. The molecule has 2 unspecified atom stereocenters. The van der Waals surface area contributed by atoms with Crippen molar-refractivity contribution in [3.05, 3.63) is 90.5 Å². The van der Waals surface area contributed by atoms with Gasteiger partial charge in [-0.25, -0.2) is 0 Å². The molecule has 0 radical (unpaired) electrons. The Bertz CT molecular complexity index is 1380. The maximum absolute atomic E-state index is 14.9. The highest BCUT2D eigenvalue weighted by Gasteiger charge is 2.79. The Morgan fingerprint density at radius 3 is 2.37 bits per heavy atom. The lowest BCUT2D eigenvalue weighted by molar-refractivity contribution is -0.152. The van der Waals surface area contributed by atoms with Crippen molar-refractivity contribution in [2.24, 2.45) is 11.8 Å². The Morgan fingerprint density at radius 1 is 1.09 bits per heavy atom. The average Bonchev–Trinajstić information content (AvgIpc) is 3.57. The molecule has 9 heteroatoms. The van der Waals surface area contributed by atoms with Crippen LogP contribution in [0.1, 0.15) is 44.7 Å². The molecule has 2 aromatic carbocycles.